The van der Waals surface area contributed by atoms with Gasteiger partial charge in [0.1, 0.15) is 17.2 Å². The summed E-state index contributed by atoms with van der Waals surface area (Å²) in [5.74, 6) is 2.42. The van der Waals surface area contributed by atoms with Crippen LogP contribution in [0.2, 0.25) is 0 Å². The predicted octanol–water partition coefficient (Wildman–Crippen LogP) is 5.05. The maximum absolute atomic E-state index is 5.77. The quantitative estimate of drug-likeness (QED) is 0.658. The SMILES string of the molecule is COc1ccccc1-c1cccc(-c2ccccc2OC)c1OC. The standard InChI is InChI=1S/C21H20O3/c1-22-19-13-6-4-9-15(19)17-11-8-12-18(21(17)24-3)16-10-5-7-14-20(16)23-2/h4-14H,1-3H3. The van der Waals surface area contributed by atoms with Gasteiger partial charge >= 0.3 is 0 Å². The highest BCUT2D eigenvalue weighted by atomic mass is 16.5. The van der Waals surface area contributed by atoms with Crippen molar-refractivity contribution in [3.05, 3.63) is 66.7 Å². The van der Waals surface area contributed by atoms with E-state index in [1.165, 1.54) is 0 Å². The molecule has 0 unspecified atom stereocenters. The molecule has 3 nitrogen and oxygen atoms in total. The Bertz CT molecular complexity index is 774. The van der Waals surface area contributed by atoms with Gasteiger partial charge in [0.15, 0.2) is 0 Å². The van der Waals surface area contributed by atoms with Crippen LogP contribution in [0, 0.1) is 0 Å². The summed E-state index contributed by atoms with van der Waals surface area (Å²) in [6, 6.07) is 22.0. The number of hydrogen-bond donors (Lipinski definition) is 0. The summed E-state index contributed by atoms with van der Waals surface area (Å²) in [7, 11) is 5.04. The van der Waals surface area contributed by atoms with Crippen molar-refractivity contribution in [3.63, 3.8) is 0 Å². The van der Waals surface area contributed by atoms with E-state index in [4.69, 9.17) is 14.2 Å². The smallest absolute Gasteiger partial charge is 0.134 e. The maximum atomic E-state index is 5.77. The lowest BCUT2D eigenvalue weighted by atomic mass is 9.96. The molecule has 0 fully saturated rings. The molecular weight excluding hydrogens is 300 g/mol. The largest absolute Gasteiger partial charge is 0.496 e. The molecule has 3 heteroatoms. The summed E-state index contributed by atoms with van der Waals surface area (Å²) in [6.45, 7) is 0. The minimum absolute atomic E-state index is 0.798. The molecule has 0 heterocycles. The molecular formula is C21H20O3. The molecule has 3 aromatic rings. The highest BCUT2D eigenvalue weighted by molar-refractivity contribution is 5.86. The molecule has 0 bridgehead atoms. The van der Waals surface area contributed by atoms with Crippen LogP contribution in [0.5, 0.6) is 17.2 Å². The van der Waals surface area contributed by atoms with Crippen LogP contribution < -0.4 is 14.2 Å². The second kappa shape index (κ2) is 7.09. The molecule has 122 valence electrons. The zero-order valence-corrected chi connectivity index (χ0v) is 14.1. The van der Waals surface area contributed by atoms with Crippen molar-refractivity contribution < 1.29 is 14.2 Å². The third-order valence-corrected chi connectivity index (χ3v) is 4.01. The van der Waals surface area contributed by atoms with Crippen LogP contribution in [0.1, 0.15) is 0 Å². The van der Waals surface area contributed by atoms with Gasteiger partial charge in [-0.3, -0.25) is 0 Å². The van der Waals surface area contributed by atoms with Crippen molar-refractivity contribution in [2.75, 3.05) is 21.3 Å². The van der Waals surface area contributed by atoms with Crippen molar-refractivity contribution >= 4 is 0 Å². The predicted molar refractivity (Wildman–Crippen MR) is 97.0 cm³/mol. The Kier molecular flexibility index (Phi) is 4.71. The Morgan fingerprint density at radius 3 is 1.29 bits per heavy atom. The van der Waals surface area contributed by atoms with Crippen LogP contribution in [-0.4, -0.2) is 21.3 Å². The lowest BCUT2D eigenvalue weighted by Crippen LogP contribution is -1.95. The average Bonchev–Trinajstić information content (AvgIpc) is 2.67. The van der Waals surface area contributed by atoms with E-state index in [1.54, 1.807) is 21.3 Å². The molecule has 3 rings (SSSR count). The van der Waals surface area contributed by atoms with Gasteiger partial charge in [-0.15, -0.1) is 0 Å². The zero-order valence-electron chi connectivity index (χ0n) is 14.1. The van der Waals surface area contributed by atoms with Gasteiger partial charge in [-0.2, -0.15) is 0 Å². The lowest BCUT2D eigenvalue weighted by Gasteiger charge is -2.17. The lowest BCUT2D eigenvalue weighted by molar-refractivity contribution is 0.408. The third kappa shape index (κ3) is 2.81. The molecule has 0 amide bonds. The van der Waals surface area contributed by atoms with Crippen molar-refractivity contribution in [2.24, 2.45) is 0 Å². The first-order chi connectivity index (χ1) is 11.8. The summed E-state index contributed by atoms with van der Waals surface area (Å²) < 4.78 is 16.8. The van der Waals surface area contributed by atoms with E-state index in [0.29, 0.717) is 0 Å². The second-order valence-electron chi connectivity index (χ2n) is 5.29. The average molecular weight is 320 g/mol. The molecule has 0 saturated carbocycles. The van der Waals surface area contributed by atoms with Gasteiger partial charge in [0, 0.05) is 22.3 Å². The normalized spacial score (nSPS) is 10.3. The van der Waals surface area contributed by atoms with Crippen LogP contribution >= 0.6 is 0 Å². The summed E-state index contributed by atoms with van der Waals surface area (Å²) in [6.07, 6.45) is 0. The van der Waals surface area contributed by atoms with Crippen LogP contribution in [0.3, 0.4) is 0 Å². The van der Waals surface area contributed by atoms with Crippen molar-refractivity contribution in [2.45, 2.75) is 0 Å². The molecule has 0 aromatic heterocycles. The number of para-hydroxylation sites is 3. The molecule has 0 N–H and O–H groups in total. The van der Waals surface area contributed by atoms with Crippen molar-refractivity contribution in [3.8, 4) is 39.5 Å². The van der Waals surface area contributed by atoms with E-state index in [1.807, 2.05) is 66.7 Å². The molecule has 0 aliphatic carbocycles. The number of ether oxygens (including phenoxy) is 3. The Balaban J connectivity index is 2.24. The first-order valence-corrected chi connectivity index (χ1v) is 7.74. The fourth-order valence-corrected chi connectivity index (χ4v) is 2.92. The van der Waals surface area contributed by atoms with E-state index in [-0.39, 0.29) is 0 Å². The molecule has 3 aromatic carbocycles. The van der Waals surface area contributed by atoms with E-state index in [0.717, 1.165) is 39.5 Å². The van der Waals surface area contributed by atoms with Gasteiger partial charge in [-0.1, -0.05) is 54.6 Å². The number of hydrogen-bond acceptors (Lipinski definition) is 3. The summed E-state index contributed by atoms with van der Waals surface area (Å²) >= 11 is 0. The molecule has 0 saturated heterocycles. The fraction of sp³-hybridized carbons (Fsp3) is 0.143. The summed E-state index contributed by atoms with van der Waals surface area (Å²) in [5.41, 5.74) is 3.96. The van der Waals surface area contributed by atoms with Gasteiger partial charge in [0.05, 0.1) is 21.3 Å². The Hall–Kier alpha value is -2.94. The van der Waals surface area contributed by atoms with Crippen LogP contribution in [0.4, 0.5) is 0 Å². The Morgan fingerprint density at radius 1 is 0.458 bits per heavy atom. The monoisotopic (exact) mass is 320 g/mol. The number of rotatable bonds is 5. The second-order valence-corrected chi connectivity index (χ2v) is 5.29. The fourth-order valence-electron chi connectivity index (χ4n) is 2.92. The van der Waals surface area contributed by atoms with E-state index >= 15 is 0 Å². The maximum Gasteiger partial charge on any atom is 0.134 e. The van der Waals surface area contributed by atoms with E-state index < -0.39 is 0 Å². The number of benzene rings is 3. The van der Waals surface area contributed by atoms with Crippen LogP contribution in [-0.2, 0) is 0 Å². The summed E-state index contributed by atoms with van der Waals surface area (Å²) in [5, 5.41) is 0. The van der Waals surface area contributed by atoms with Crippen molar-refractivity contribution in [1.29, 1.82) is 0 Å². The molecule has 0 atom stereocenters. The minimum Gasteiger partial charge on any atom is -0.496 e. The number of methoxy groups -OCH3 is 3. The van der Waals surface area contributed by atoms with Gasteiger partial charge in [-0.05, 0) is 12.1 Å². The highest BCUT2D eigenvalue weighted by Gasteiger charge is 2.17. The minimum atomic E-state index is 0.798. The van der Waals surface area contributed by atoms with Gasteiger partial charge < -0.3 is 14.2 Å². The van der Waals surface area contributed by atoms with Crippen LogP contribution in [0.15, 0.2) is 66.7 Å². The highest BCUT2D eigenvalue weighted by Crippen LogP contribution is 2.44. The third-order valence-electron chi connectivity index (χ3n) is 4.01. The van der Waals surface area contributed by atoms with E-state index in [2.05, 4.69) is 0 Å². The molecule has 0 aliphatic rings. The van der Waals surface area contributed by atoms with Gasteiger partial charge in [-0.25, -0.2) is 0 Å². The molecule has 0 spiro atoms. The van der Waals surface area contributed by atoms with Gasteiger partial charge in [0.25, 0.3) is 0 Å². The molecule has 0 aliphatic heterocycles. The topological polar surface area (TPSA) is 27.7 Å². The van der Waals surface area contributed by atoms with Gasteiger partial charge in [0.2, 0.25) is 0 Å². The first kappa shape index (κ1) is 15.9. The van der Waals surface area contributed by atoms with E-state index in [9.17, 15) is 0 Å². The zero-order chi connectivity index (χ0) is 16.9. The molecule has 0 radical (unpaired) electrons. The molecule has 24 heavy (non-hydrogen) atoms. The van der Waals surface area contributed by atoms with Crippen LogP contribution in [0.25, 0.3) is 22.3 Å². The first-order valence-electron chi connectivity index (χ1n) is 7.74. The Labute approximate surface area is 142 Å². The van der Waals surface area contributed by atoms with Crippen molar-refractivity contribution in [1.82, 2.24) is 0 Å². The summed E-state index contributed by atoms with van der Waals surface area (Å²) in [4.78, 5) is 0. The Morgan fingerprint density at radius 2 is 0.875 bits per heavy atom.